The van der Waals surface area contributed by atoms with Crippen molar-refractivity contribution in [1.82, 2.24) is 5.32 Å². The number of aromatic hydroxyl groups is 1. The number of phenols is 1. The van der Waals surface area contributed by atoms with Crippen LogP contribution >= 0.6 is 0 Å². The molecule has 0 aromatic heterocycles. The lowest BCUT2D eigenvalue weighted by Crippen LogP contribution is -2.35. The second kappa shape index (κ2) is 4.80. The largest absolute Gasteiger partial charge is 0.507 e. The van der Waals surface area contributed by atoms with Gasteiger partial charge in [-0.2, -0.15) is 0 Å². The maximum absolute atomic E-state index is 12.5. The molecule has 2 aromatic carbocycles. The van der Waals surface area contributed by atoms with Crippen molar-refractivity contribution in [1.29, 1.82) is 0 Å². The van der Waals surface area contributed by atoms with Gasteiger partial charge in [0.05, 0.1) is 5.41 Å². The van der Waals surface area contributed by atoms with Gasteiger partial charge >= 0.3 is 0 Å². The fourth-order valence-electron chi connectivity index (χ4n) is 2.69. The molecule has 0 aliphatic carbocycles. The summed E-state index contributed by atoms with van der Waals surface area (Å²) in [5, 5.41) is 17.7. The molecule has 20 heavy (non-hydrogen) atoms. The van der Waals surface area contributed by atoms with Crippen molar-refractivity contribution in [2.45, 2.75) is 13.3 Å². The van der Waals surface area contributed by atoms with Crippen LogP contribution in [0.3, 0.4) is 0 Å². The first kappa shape index (κ1) is 12.9. The molecule has 4 nitrogen and oxygen atoms in total. The zero-order valence-electron chi connectivity index (χ0n) is 11.4. The first-order valence-corrected chi connectivity index (χ1v) is 6.83. The summed E-state index contributed by atoms with van der Waals surface area (Å²) >= 11 is 0. The van der Waals surface area contributed by atoms with Gasteiger partial charge in [-0.1, -0.05) is 24.3 Å². The van der Waals surface area contributed by atoms with E-state index in [1.54, 1.807) is 12.1 Å². The average Bonchev–Trinajstić information content (AvgIpc) is 2.88. The summed E-state index contributed by atoms with van der Waals surface area (Å²) in [7, 11) is 0. The highest BCUT2D eigenvalue weighted by Gasteiger charge is 2.36. The minimum Gasteiger partial charge on any atom is -0.507 e. The van der Waals surface area contributed by atoms with E-state index < -0.39 is 0 Å². The molecule has 1 atom stereocenters. The molecule has 104 valence electrons. The van der Waals surface area contributed by atoms with Gasteiger partial charge < -0.3 is 15.7 Å². The zero-order valence-corrected chi connectivity index (χ0v) is 11.4. The molecule has 3 N–H and O–H groups in total. The molecule has 3 rings (SSSR count). The average molecular weight is 270 g/mol. The molecule has 0 bridgehead atoms. The number of amides is 1. The van der Waals surface area contributed by atoms with Crippen LogP contribution in [0, 0.1) is 5.41 Å². The number of carbonyl (C=O) groups is 1. The van der Waals surface area contributed by atoms with Crippen molar-refractivity contribution in [2.24, 2.45) is 5.41 Å². The van der Waals surface area contributed by atoms with E-state index in [4.69, 9.17) is 0 Å². The van der Waals surface area contributed by atoms with Crippen molar-refractivity contribution in [2.75, 3.05) is 18.4 Å². The Morgan fingerprint density at radius 2 is 2.00 bits per heavy atom. The van der Waals surface area contributed by atoms with Gasteiger partial charge in [-0.05, 0) is 32.0 Å². The highest BCUT2D eigenvalue weighted by molar-refractivity contribution is 6.05. The highest BCUT2D eigenvalue weighted by atomic mass is 16.3. The van der Waals surface area contributed by atoms with Gasteiger partial charge in [0, 0.05) is 23.0 Å². The molecular formula is C16H18N2O2. The van der Waals surface area contributed by atoms with Crippen LogP contribution in [0.2, 0.25) is 0 Å². The molecular weight excluding hydrogens is 252 g/mol. The summed E-state index contributed by atoms with van der Waals surface area (Å²) < 4.78 is 0. The van der Waals surface area contributed by atoms with Crippen LogP contribution in [0.1, 0.15) is 13.3 Å². The number of carbonyl (C=O) groups excluding carboxylic acids is 1. The number of phenolic OH excluding ortho intramolecular Hbond substituents is 1. The van der Waals surface area contributed by atoms with E-state index >= 15 is 0 Å². The summed E-state index contributed by atoms with van der Waals surface area (Å²) in [6.07, 6.45) is 0.842. The van der Waals surface area contributed by atoms with Crippen LogP contribution < -0.4 is 10.6 Å². The Labute approximate surface area is 117 Å². The number of rotatable bonds is 2. The number of benzene rings is 2. The minimum absolute atomic E-state index is 0.0262. The van der Waals surface area contributed by atoms with Crippen molar-refractivity contribution >= 4 is 22.4 Å². The molecule has 1 amide bonds. The Morgan fingerprint density at radius 1 is 1.25 bits per heavy atom. The van der Waals surface area contributed by atoms with E-state index in [1.165, 1.54) is 0 Å². The summed E-state index contributed by atoms with van der Waals surface area (Å²) in [5.41, 5.74) is 0.385. The Hall–Kier alpha value is -2.07. The highest BCUT2D eigenvalue weighted by Crippen LogP contribution is 2.32. The van der Waals surface area contributed by atoms with Crippen LogP contribution in [-0.2, 0) is 4.79 Å². The van der Waals surface area contributed by atoms with Crippen LogP contribution in [-0.4, -0.2) is 24.1 Å². The second-order valence-corrected chi connectivity index (χ2v) is 5.62. The molecule has 0 radical (unpaired) electrons. The van der Waals surface area contributed by atoms with Gasteiger partial charge in [0.25, 0.3) is 0 Å². The van der Waals surface area contributed by atoms with Crippen molar-refractivity contribution in [3.05, 3.63) is 36.4 Å². The third-order valence-electron chi connectivity index (χ3n) is 4.06. The van der Waals surface area contributed by atoms with E-state index in [1.807, 2.05) is 31.2 Å². The van der Waals surface area contributed by atoms with Gasteiger partial charge in [0.1, 0.15) is 5.75 Å². The molecule has 1 fully saturated rings. The van der Waals surface area contributed by atoms with E-state index in [2.05, 4.69) is 10.6 Å². The van der Waals surface area contributed by atoms with Crippen LogP contribution in [0.4, 0.5) is 5.69 Å². The van der Waals surface area contributed by atoms with Crippen molar-refractivity contribution in [3.63, 3.8) is 0 Å². The Morgan fingerprint density at radius 3 is 2.75 bits per heavy atom. The molecule has 1 unspecified atom stereocenters. The summed E-state index contributed by atoms with van der Waals surface area (Å²) in [6.45, 7) is 3.56. The van der Waals surface area contributed by atoms with Gasteiger partial charge in [0.15, 0.2) is 0 Å². The summed E-state index contributed by atoms with van der Waals surface area (Å²) in [5.74, 6) is 0.255. The Balaban J connectivity index is 1.95. The Kier molecular flexibility index (Phi) is 3.10. The lowest BCUT2D eigenvalue weighted by Gasteiger charge is -2.22. The third kappa shape index (κ3) is 2.12. The normalized spacial score (nSPS) is 22.1. The van der Waals surface area contributed by atoms with Gasteiger partial charge in [-0.15, -0.1) is 0 Å². The first-order chi connectivity index (χ1) is 9.60. The lowest BCUT2D eigenvalue weighted by atomic mass is 9.88. The topological polar surface area (TPSA) is 61.4 Å². The smallest absolute Gasteiger partial charge is 0.231 e. The van der Waals surface area contributed by atoms with Crippen LogP contribution in [0.5, 0.6) is 5.75 Å². The maximum atomic E-state index is 12.5. The molecule has 0 saturated carbocycles. The van der Waals surface area contributed by atoms with E-state index in [9.17, 15) is 9.90 Å². The quantitative estimate of drug-likeness (QED) is 0.785. The van der Waals surface area contributed by atoms with Gasteiger partial charge in [0.2, 0.25) is 5.91 Å². The summed E-state index contributed by atoms with van der Waals surface area (Å²) in [4.78, 5) is 12.5. The number of anilines is 1. The Bertz CT molecular complexity index is 661. The second-order valence-electron chi connectivity index (χ2n) is 5.62. The van der Waals surface area contributed by atoms with E-state index in [0.29, 0.717) is 6.54 Å². The van der Waals surface area contributed by atoms with Crippen molar-refractivity contribution < 1.29 is 9.90 Å². The van der Waals surface area contributed by atoms with Gasteiger partial charge in [-0.3, -0.25) is 4.79 Å². The fourth-order valence-corrected chi connectivity index (χ4v) is 2.69. The molecule has 1 aliphatic rings. The molecule has 4 heteroatoms. The maximum Gasteiger partial charge on any atom is 0.231 e. The fraction of sp³-hybridized carbons (Fsp3) is 0.312. The number of hydrogen-bond donors (Lipinski definition) is 3. The summed E-state index contributed by atoms with van der Waals surface area (Å²) in [6, 6.07) is 10.9. The van der Waals surface area contributed by atoms with Crippen LogP contribution in [0.15, 0.2) is 36.4 Å². The van der Waals surface area contributed by atoms with E-state index in [-0.39, 0.29) is 17.1 Å². The first-order valence-electron chi connectivity index (χ1n) is 6.83. The standard InChI is InChI=1S/C16H18N2O2/c1-16(8-9-17-10-16)15(20)18-13-6-2-5-12-11(13)4-3-7-14(12)19/h2-7,17,19H,8-10H2,1H3,(H,18,20). The predicted molar refractivity (Wildman–Crippen MR) is 79.8 cm³/mol. The molecule has 2 aromatic rings. The molecule has 1 saturated heterocycles. The number of fused-ring (bicyclic) bond motifs is 1. The molecule has 1 heterocycles. The molecule has 1 aliphatic heterocycles. The minimum atomic E-state index is -0.362. The zero-order chi connectivity index (χ0) is 14.2. The van der Waals surface area contributed by atoms with Crippen LogP contribution in [0.25, 0.3) is 10.8 Å². The lowest BCUT2D eigenvalue weighted by molar-refractivity contribution is -0.123. The molecule has 0 spiro atoms. The number of hydrogen-bond acceptors (Lipinski definition) is 3. The van der Waals surface area contributed by atoms with Gasteiger partial charge in [-0.25, -0.2) is 0 Å². The third-order valence-corrected chi connectivity index (χ3v) is 4.06. The van der Waals surface area contributed by atoms with E-state index in [0.717, 1.165) is 29.4 Å². The predicted octanol–water partition coefficient (Wildman–Crippen LogP) is 2.48. The SMILES string of the molecule is CC1(C(=O)Nc2cccc3c(O)cccc23)CCNC1. The monoisotopic (exact) mass is 270 g/mol. The van der Waals surface area contributed by atoms with Crippen molar-refractivity contribution in [3.8, 4) is 5.75 Å². The number of nitrogens with one attached hydrogen (secondary N) is 2.